The number of benzene rings is 1. The zero-order valence-electron chi connectivity index (χ0n) is 9.70. The average Bonchev–Trinajstić information content (AvgIpc) is 2.27. The lowest BCUT2D eigenvalue weighted by molar-refractivity contribution is 0.197. The number of aliphatic hydroxyl groups is 1. The van der Waals surface area contributed by atoms with Crippen molar-refractivity contribution in [1.82, 2.24) is 0 Å². The van der Waals surface area contributed by atoms with Gasteiger partial charge >= 0.3 is 0 Å². The summed E-state index contributed by atoms with van der Waals surface area (Å²) >= 11 is 3.38. The van der Waals surface area contributed by atoms with Crippen LogP contribution in [0.1, 0.15) is 18.6 Å². The second-order valence-corrected chi connectivity index (χ2v) is 4.02. The summed E-state index contributed by atoms with van der Waals surface area (Å²) in [6.45, 7) is 1.67. The maximum Gasteiger partial charge on any atom is 0.204 e. The predicted molar refractivity (Wildman–Crippen MR) is 64.4 cm³/mol. The first-order chi connectivity index (χ1) is 7.56. The van der Waals surface area contributed by atoms with Gasteiger partial charge in [0.2, 0.25) is 5.75 Å². The van der Waals surface area contributed by atoms with Gasteiger partial charge in [0.25, 0.3) is 0 Å². The monoisotopic (exact) mass is 290 g/mol. The molecule has 1 unspecified atom stereocenters. The van der Waals surface area contributed by atoms with Crippen LogP contribution in [0, 0.1) is 0 Å². The molecule has 90 valence electrons. The minimum Gasteiger partial charge on any atom is -0.493 e. The molecule has 1 rings (SSSR count). The highest BCUT2D eigenvalue weighted by molar-refractivity contribution is 9.10. The molecule has 1 aromatic carbocycles. The summed E-state index contributed by atoms with van der Waals surface area (Å²) in [5, 5.41) is 9.63. The van der Waals surface area contributed by atoms with E-state index in [0.717, 1.165) is 0 Å². The Morgan fingerprint density at radius 1 is 1.12 bits per heavy atom. The number of methoxy groups -OCH3 is 3. The molecule has 16 heavy (non-hydrogen) atoms. The number of hydrogen-bond acceptors (Lipinski definition) is 4. The first-order valence-electron chi connectivity index (χ1n) is 4.73. The van der Waals surface area contributed by atoms with Crippen molar-refractivity contribution >= 4 is 15.9 Å². The summed E-state index contributed by atoms with van der Waals surface area (Å²) in [6, 6.07) is 1.72. The minimum absolute atomic E-state index is 0.501. The standard InChI is InChI=1S/C11H15BrO4/c1-6(13)7-5-8(14-2)10(15-3)11(16-4)9(7)12/h5-6,13H,1-4H3. The van der Waals surface area contributed by atoms with Gasteiger partial charge in [-0.25, -0.2) is 0 Å². The lowest BCUT2D eigenvalue weighted by atomic mass is 10.1. The van der Waals surface area contributed by atoms with E-state index in [9.17, 15) is 5.11 Å². The Morgan fingerprint density at radius 2 is 1.69 bits per heavy atom. The van der Waals surface area contributed by atoms with Crippen LogP contribution in [0.3, 0.4) is 0 Å². The van der Waals surface area contributed by atoms with Gasteiger partial charge < -0.3 is 19.3 Å². The fraction of sp³-hybridized carbons (Fsp3) is 0.455. The van der Waals surface area contributed by atoms with Gasteiger partial charge in [-0.2, -0.15) is 0 Å². The van der Waals surface area contributed by atoms with Crippen LogP contribution >= 0.6 is 15.9 Å². The lowest BCUT2D eigenvalue weighted by Gasteiger charge is -2.17. The summed E-state index contributed by atoms with van der Waals surface area (Å²) in [6.07, 6.45) is -0.622. The third-order valence-corrected chi connectivity index (χ3v) is 3.07. The van der Waals surface area contributed by atoms with Crippen LogP contribution in [0.2, 0.25) is 0 Å². The summed E-state index contributed by atoms with van der Waals surface area (Å²) in [7, 11) is 4.61. The Bertz CT molecular complexity index is 377. The second kappa shape index (κ2) is 5.41. The van der Waals surface area contributed by atoms with Crippen molar-refractivity contribution in [1.29, 1.82) is 0 Å². The quantitative estimate of drug-likeness (QED) is 0.926. The van der Waals surface area contributed by atoms with E-state index in [1.807, 2.05) is 0 Å². The molecule has 0 fully saturated rings. The second-order valence-electron chi connectivity index (χ2n) is 3.22. The molecule has 0 spiro atoms. The average molecular weight is 291 g/mol. The zero-order valence-corrected chi connectivity index (χ0v) is 11.3. The summed E-state index contributed by atoms with van der Waals surface area (Å²) < 4.78 is 16.3. The molecule has 4 nitrogen and oxygen atoms in total. The topological polar surface area (TPSA) is 47.9 Å². The van der Waals surface area contributed by atoms with Crippen molar-refractivity contribution in [2.75, 3.05) is 21.3 Å². The van der Waals surface area contributed by atoms with Gasteiger partial charge in [-0.3, -0.25) is 0 Å². The molecule has 0 saturated heterocycles. The van der Waals surface area contributed by atoms with Gasteiger partial charge in [0.05, 0.1) is 31.9 Å². The van der Waals surface area contributed by atoms with Gasteiger partial charge in [0.15, 0.2) is 11.5 Å². The molecule has 0 aliphatic rings. The maximum absolute atomic E-state index is 9.63. The highest BCUT2D eigenvalue weighted by atomic mass is 79.9. The molecule has 1 atom stereocenters. The van der Waals surface area contributed by atoms with Gasteiger partial charge in [0.1, 0.15) is 0 Å². The predicted octanol–water partition coefficient (Wildman–Crippen LogP) is 2.53. The molecule has 0 aliphatic carbocycles. The van der Waals surface area contributed by atoms with Crippen LogP contribution in [0.25, 0.3) is 0 Å². The lowest BCUT2D eigenvalue weighted by Crippen LogP contribution is -2.01. The van der Waals surface area contributed by atoms with Crippen LogP contribution in [-0.2, 0) is 0 Å². The Balaban J connectivity index is 3.48. The van der Waals surface area contributed by atoms with Crippen LogP contribution in [-0.4, -0.2) is 26.4 Å². The number of rotatable bonds is 4. The third-order valence-electron chi connectivity index (χ3n) is 2.25. The van der Waals surface area contributed by atoms with Crippen molar-refractivity contribution in [2.24, 2.45) is 0 Å². The van der Waals surface area contributed by atoms with Crippen LogP contribution in [0.4, 0.5) is 0 Å². The highest BCUT2D eigenvalue weighted by Crippen LogP contribution is 2.46. The van der Waals surface area contributed by atoms with Crippen molar-refractivity contribution in [3.8, 4) is 17.2 Å². The first-order valence-corrected chi connectivity index (χ1v) is 5.52. The Hall–Kier alpha value is -0.940. The molecule has 5 heteroatoms. The van der Waals surface area contributed by atoms with E-state index in [1.165, 1.54) is 21.3 Å². The highest BCUT2D eigenvalue weighted by Gasteiger charge is 2.20. The fourth-order valence-electron chi connectivity index (χ4n) is 1.44. The van der Waals surface area contributed by atoms with Gasteiger partial charge in [-0.1, -0.05) is 0 Å². The van der Waals surface area contributed by atoms with E-state index in [1.54, 1.807) is 13.0 Å². The summed E-state index contributed by atoms with van der Waals surface area (Å²) in [5.41, 5.74) is 0.689. The Labute approximate surface area is 103 Å². The van der Waals surface area contributed by atoms with Crippen LogP contribution < -0.4 is 14.2 Å². The van der Waals surface area contributed by atoms with Crippen molar-refractivity contribution in [2.45, 2.75) is 13.0 Å². The smallest absolute Gasteiger partial charge is 0.204 e. The Kier molecular flexibility index (Phi) is 4.44. The van der Waals surface area contributed by atoms with E-state index in [0.29, 0.717) is 27.3 Å². The molecule has 0 bridgehead atoms. The maximum atomic E-state index is 9.63. The molecular formula is C11H15BrO4. The molecule has 0 aliphatic heterocycles. The van der Waals surface area contributed by atoms with Crippen molar-refractivity contribution in [3.05, 3.63) is 16.1 Å². The fourth-order valence-corrected chi connectivity index (χ4v) is 2.23. The van der Waals surface area contributed by atoms with Gasteiger partial charge in [-0.15, -0.1) is 0 Å². The Morgan fingerprint density at radius 3 is 2.06 bits per heavy atom. The van der Waals surface area contributed by atoms with Gasteiger partial charge in [-0.05, 0) is 28.9 Å². The minimum atomic E-state index is -0.622. The van der Waals surface area contributed by atoms with Gasteiger partial charge in [0, 0.05) is 5.56 Å². The van der Waals surface area contributed by atoms with E-state index in [2.05, 4.69) is 15.9 Å². The van der Waals surface area contributed by atoms with E-state index in [4.69, 9.17) is 14.2 Å². The third kappa shape index (κ3) is 2.25. The van der Waals surface area contributed by atoms with Crippen LogP contribution in [0.5, 0.6) is 17.2 Å². The molecule has 0 amide bonds. The molecule has 1 aromatic rings. The molecular weight excluding hydrogens is 276 g/mol. The molecule has 0 radical (unpaired) electrons. The number of ether oxygens (including phenoxy) is 3. The molecule has 0 heterocycles. The zero-order chi connectivity index (χ0) is 12.3. The van der Waals surface area contributed by atoms with E-state index >= 15 is 0 Å². The molecule has 1 N–H and O–H groups in total. The summed E-state index contributed by atoms with van der Waals surface area (Å²) in [4.78, 5) is 0. The summed E-state index contributed by atoms with van der Waals surface area (Å²) in [5.74, 6) is 1.54. The first kappa shape index (κ1) is 13.1. The number of halogens is 1. The largest absolute Gasteiger partial charge is 0.493 e. The number of aliphatic hydroxyl groups excluding tert-OH is 1. The van der Waals surface area contributed by atoms with Crippen molar-refractivity contribution < 1.29 is 19.3 Å². The SMILES string of the molecule is COc1cc(C(C)O)c(Br)c(OC)c1OC. The van der Waals surface area contributed by atoms with Crippen LogP contribution in [0.15, 0.2) is 10.5 Å². The molecule has 0 saturated carbocycles. The van der Waals surface area contributed by atoms with E-state index < -0.39 is 6.10 Å². The normalized spacial score (nSPS) is 12.1. The van der Waals surface area contributed by atoms with E-state index in [-0.39, 0.29) is 0 Å². The number of hydrogen-bond donors (Lipinski definition) is 1. The molecule has 0 aromatic heterocycles. The van der Waals surface area contributed by atoms with Crippen molar-refractivity contribution in [3.63, 3.8) is 0 Å².